The Balaban J connectivity index is 1.50. The molecule has 0 saturated carbocycles. The molecule has 2 heterocycles. The zero-order chi connectivity index (χ0) is 16.9. The Morgan fingerprint density at radius 1 is 1.00 bits per heavy atom. The van der Waals surface area contributed by atoms with E-state index in [0.717, 1.165) is 38.8 Å². The summed E-state index contributed by atoms with van der Waals surface area (Å²) in [6.45, 7) is 4.63. The number of aliphatic hydroxyl groups is 1. The lowest BCUT2D eigenvalue weighted by molar-refractivity contribution is 0.0684. The number of halogens is 2. The Bertz CT molecular complexity index is 661. The molecule has 1 aliphatic heterocycles. The Labute approximate surface area is 140 Å². The minimum atomic E-state index is -0.947. The highest BCUT2D eigenvalue weighted by Gasteiger charge is 2.21. The lowest BCUT2D eigenvalue weighted by Gasteiger charge is -2.35. The fourth-order valence-corrected chi connectivity index (χ4v) is 2.99. The minimum Gasteiger partial charge on any atom is -0.387 e. The predicted octanol–water partition coefficient (Wildman–Crippen LogP) is 2.21. The standard InChI is InChI=1S/C18H21F2N3O/c19-15-1-2-16(17(20)11-15)18(24)13-23-9-7-22(8-10-23)12-14-3-5-21-6-4-14/h1-6,11,18,24H,7-10,12-13H2. The largest absolute Gasteiger partial charge is 0.387 e. The van der Waals surface area contributed by atoms with Gasteiger partial charge in [0.1, 0.15) is 11.6 Å². The van der Waals surface area contributed by atoms with Crippen LogP contribution in [0.2, 0.25) is 0 Å². The van der Waals surface area contributed by atoms with Crippen LogP contribution in [0.5, 0.6) is 0 Å². The summed E-state index contributed by atoms with van der Waals surface area (Å²) in [5, 5.41) is 10.2. The summed E-state index contributed by atoms with van der Waals surface area (Å²) in [5.41, 5.74) is 1.38. The lowest BCUT2D eigenvalue weighted by Crippen LogP contribution is -2.47. The van der Waals surface area contributed by atoms with Gasteiger partial charge in [0.15, 0.2) is 0 Å². The van der Waals surface area contributed by atoms with Crippen LogP contribution in [0.4, 0.5) is 8.78 Å². The van der Waals surface area contributed by atoms with Crippen LogP contribution >= 0.6 is 0 Å². The third-order valence-electron chi connectivity index (χ3n) is 4.37. The van der Waals surface area contributed by atoms with E-state index in [4.69, 9.17) is 0 Å². The first-order valence-electron chi connectivity index (χ1n) is 8.08. The quantitative estimate of drug-likeness (QED) is 0.911. The van der Waals surface area contributed by atoms with Crippen LogP contribution < -0.4 is 0 Å². The van der Waals surface area contributed by atoms with Crippen molar-refractivity contribution in [3.05, 3.63) is 65.5 Å². The van der Waals surface area contributed by atoms with Crippen molar-refractivity contribution in [1.82, 2.24) is 14.8 Å². The summed E-state index contributed by atoms with van der Waals surface area (Å²) < 4.78 is 26.7. The van der Waals surface area contributed by atoms with Crippen molar-refractivity contribution in [2.24, 2.45) is 0 Å². The molecule has 3 rings (SSSR count). The molecule has 0 radical (unpaired) electrons. The van der Waals surface area contributed by atoms with Gasteiger partial charge in [-0.3, -0.25) is 14.8 Å². The van der Waals surface area contributed by atoms with Crippen molar-refractivity contribution >= 4 is 0 Å². The number of nitrogens with zero attached hydrogens (tertiary/aromatic N) is 3. The van der Waals surface area contributed by atoms with Crippen LogP contribution in [-0.2, 0) is 6.54 Å². The van der Waals surface area contributed by atoms with E-state index in [0.29, 0.717) is 6.54 Å². The molecule has 1 fully saturated rings. The van der Waals surface area contributed by atoms with Gasteiger partial charge in [-0.05, 0) is 23.8 Å². The first-order valence-corrected chi connectivity index (χ1v) is 8.08. The Kier molecular flexibility index (Phi) is 5.50. The van der Waals surface area contributed by atoms with Gasteiger partial charge in [-0.1, -0.05) is 6.07 Å². The normalized spacial score (nSPS) is 17.8. The Hall–Kier alpha value is -1.89. The zero-order valence-electron chi connectivity index (χ0n) is 13.4. The zero-order valence-corrected chi connectivity index (χ0v) is 13.4. The molecular weight excluding hydrogens is 312 g/mol. The summed E-state index contributed by atoms with van der Waals surface area (Å²) in [4.78, 5) is 8.47. The van der Waals surface area contributed by atoms with E-state index in [-0.39, 0.29) is 5.56 Å². The van der Waals surface area contributed by atoms with Gasteiger partial charge in [0, 0.05) is 63.3 Å². The molecule has 2 aromatic rings. The monoisotopic (exact) mass is 333 g/mol. The molecule has 0 amide bonds. The minimum absolute atomic E-state index is 0.149. The van der Waals surface area contributed by atoms with Crippen LogP contribution in [-0.4, -0.2) is 52.6 Å². The molecule has 1 saturated heterocycles. The molecule has 1 aromatic heterocycles. The van der Waals surface area contributed by atoms with Crippen LogP contribution in [0.25, 0.3) is 0 Å². The van der Waals surface area contributed by atoms with Crippen molar-refractivity contribution in [1.29, 1.82) is 0 Å². The maximum atomic E-state index is 13.7. The van der Waals surface area contributed by atoms with E-state index in [9.17, 15) is 13.9 Å². The fourth-order valence-electron chi connectivity index (χ4n) is 2.99. The van der Waals surface area contributed by atoms with E-state index in [1.807, 2.05) is 12.1 Å². The number of benzene rings is 1. The molecular formula is C18H21F2N3O. The van der Waals surface area contributed by atoms with Gasteiger partial charge in [0.2, 0.25) is 0 Å². The van der Waals surface area contributed by atoms with Crippen LogP contribution in [0.15, 0.2) is 42.7 Å². The number of hydrogen-bond donors (Lipinski definition) is 1. The van der Waals surface area contributed by atoms with E-state index in [1.54, 1.807) is 12.4 Å². The predicted molar refractivity (Wildman–Crippen MR) is 87.3 cm³/mol. The molecule has 1 aromatic carbocycles. The van der Waals surface area contributed by atoms with Crippen molar-refractivity contribution in [2.75, 3.05) is 32.7 Å². The van der Waals surface area contributed by atoms with Gasteiger partial charge in [-0.2, -0.15) is 0 Å². The number of rotatable bonds is 5. The van der Waals surface area contributed by atoms with Gasteiger partial charge in [-0.25, -0.2) is 8.78 Å². The van der Waals surface area contributed by atoms with Gasteiger partial charge in [0.05, 0.1) is 6.10 Å². The molecule has 0 bridgehead atoms. The average molecular weight is 333 g/mol. The molecule has 0 spiro atoms. The highest BCUT2D eigenvalue weighted by Crippen LogP contribution is 2.20. The maximum Gasteiger partial charge on any atom is 0.131 e. The number of aliphatic hydroxyl groups excluding tert-OH is 1. The maximum absolute atomic E-state index is 13.7. The van der Waals surface area contributed by atoms with Gasteiger partial charge in [0.25, 0.3) is 0 Å². The highest BCUT2D eigenvalue weighted by atomic mass is 19.1. The Morgan fingerprint density at radius 3 is 2.33 bits per heavy atom. The molecule has 128 valence electrons. The molecule has 4 nitrogen and oxygen atoms in total. The molecule has 1 unspecified atom stereocenters. The molecule has 1 N–H and O–H groups in total. The number of pyridine rings is 1. The number of β-amino-alcohol motifs (C(OH)–C–C–N with tert-alkyl or cyclic N) is 1. The second-order valence-corrected chi connectivity index (χ2v) is 6.11. The van der Waals surface area contributed by atoms with E-state index >= 15 is 0 Å². The summed E-state index contributed by atoms with van der Waals surface area (Å²) in [5.74, 6) is -1.33. The first-order chi connectivity index (χ1) is 11.6. The van der Waals surface area contributed by atoms with Gasteiger partial charge < -0.3 is 5.11 Å². The fraction of sp³-hybridized carbons (Fsp3) is 0.389. The van der Waals surface area contributed by atoms with Crippen molar-refractivity contribution in [2.45, 2.75) is 12.6 Å². The van der Waals surface area contributed by atoms with Crippen molar-refractivity contribution < 1.29 is 13.9 Å². The van der Waals surface area contributed by atoms with Gasteiger partial charge in [-0.15, -0.1) is 0 Å². The van der Waals surface area contributed by atoms with Crippen LogP contribution in [0.3, 0.4) is 0 Å². The number of piperazine rings is 1. The summed E-state index contributed by atoms with van der Waals surface area (Å²) >= 11 is 0. The number of aromatic nitrogens is 1. The first kappa shape index (κ1) is 17.0. The molecule has 1 atom stereocenters. The lowest BCUT2D eigenvalue weighted by atomic mass is 10.1. The molecule has 0 aliphatic carbocycles. The van der Waals surface area contributed by atoms with Crippen LogP contribution in [0, 0.1) is 11.6 Å². The third kappa shape index (κ3) is 4.35. The smallest absolute Gasteiger partial charge is 0.131 e. The summed E-state index contributed by atoms with van der Waals surface area (Å²) in [6.07, 6.45) is 2.63. The molecule has 1 aliphatic rings. The second kappa shape index (κ2) is 7.79. The SMILES string of the molecule is OC(CN1CCN(Cc2ccncc2)CC1)c1ccc(F)cc1F. The Morgan fingerprint density at radius 2 is 1.67 bits per heavy atom. The summed E-state index contributed by atoms with van der Waals surface area (Å²) in [6, 6.07) is 7.31. The second-order valence-electron chi connectivity index (χ2n) is 6.11. The van der Waals surface area contributed by atoms with E-state index in [2.05, 4.69) is 14.8 Å². The van der Waals surface area contributed by atoms with E-state index < -0.39 is 17.7 Å². The topological polar surface area (TPSA) is 39.6 Å². The van der Waals surface area contributed by atoms with E-state index in [1.165, 1.54) is 17.7 Å². The van der Waals surface area contributed by atoms with Crippen LogP contribution in [0.1, 0.15) is 17.2 Å². The van der Waals surface area contributed by atoms with Gasteiger partial charge >= 0.3 is 0 Å². The average Bonchev–Trinajstić information content (AvgIpc) is 2.57. The third-order valence-corrected chi connectivity index (χ3v) is 4.37. The molecule has 6 heteroatoms. The highest BCUT2D eigenvalue weighted by molar-refractivity contribution is 5.21. The van der Waals surface area contributed by atoms with Crippen molar-refractivity contribution in [3.63, 3.8) is 0 Å². The number of hydrogen-bond acceptors (Lipinski definition) is 4. The van der Waals surface area contributed by atoms with Crippen molar-refractivity contribution in [3.8, 4) is 0 Å². The molecule has 24 heavy (non-hydrogen) atoms. The summed E-state index contributed by atoms with van der Waals surface area (Å²) in [7, 11) is 0.